The number of nitrogens with one attached hydrogen (secondary N) is 1. The van der Waals surface area contributed by atoms with Gasteiger partial charge in [0, 0.05) is 10.4 Å². The second kappa shape index (κ2) is 6.52. The van der Waals surface area contributed by atoms with E-state index in [4.69, 9.17) is 10.6 Å². The largest absolute Gasteiger partial charge is 0.491 e. The summed E-state index contributed by atoms with van der Waals surface area (Å²) in [5.74, 6) is 6.60. The number of hydrogen-bond acceptors (Lipinski definition) is 4. The summed E-state index contributed by atoms with van der Waals surface area (Å²) in [5.41, 5.74) is 3.92. The Morgan fingerprint density at radius 3 is 2.53 bits per heavy atom. The maximum Gasteiger partial charge on any atom is 0.124 e. The standard InChI is InChI=1S/C14H17BrN2OS/c1-9(2)18-11-6-4-3-5-10(11)14(17-16)12-7-8-13(15)19-12/h3-9,14,17H,16H2,1-2H3. The number of hydrazine groups is 1. The highest BCUT2D eigenvalue weighted by atomic mass is 79.9. The molecule has 0 amide bonds. The van der Waals surface area contributed by atoms with Crippen LogP contribution in [0.15, 0.2) is 40.2 Å². The predicted octanol–water partition coefficient (Wildman–Crippen LogP) is 3.85. The highest BCUT2D eigenvalue weighted by Crippen LogP contribution is 2.35. The molecule has 1 heterocycles. The van der Waals surface area contributed by atoms with Crippen molar-refractivity contribution in [1.82, 2.24) is 5.43 Å². The van der Waals surface area contributed by atoms with Gasteiger partial charge in [-0.25, -0.2) is 5.43 Å². The molecular weight excluding hydrogens is 324 g/mol. The van der Waals surface area contributed by atoms with Crippen LogP contribution in [0, 0.1) is 0 Å². The van der Waals surface area contributed by atoms with E-state index in [1.807, 2.05) is 44.2 Å². The maximum atomic E-state index is 5.85. The highest BCUT2D eigenvalue weighted by Gasteiger charge is 2.19. The van der Waals surface area contributed by atoms with Crippen molar-refractivity contribution in [3.63, 3.8) is 0 Å². The van der Waals surface area contributed by atoms with Crippen LogP contribution in [0.4, 0.5) is 0 Å². The number of thiophene rings is 1. The number of para-hydroxylation sites is 1. The fourth-order valence-electron chi connectivity index (χ4n) is 1.89. The Morgan fingerprint density at radius 2 is 1.95 bits per heavy atom. The van der Waals surface area contributed by atoms with Crippen molar-refractivity contribution in [1.29, 1.82) is 0 Å². The third kappa shape index (κ3) is 3.57. The van der Waals surface area contributed by atoms with Crippen molar-refractivity contribution >= 4 is 27.3 Å². The van der Waals surface area contributed by atoms with Gasteiger partial charge in [0.1, 0.15) is 5.75 Å². The first-order valence-electron chi connectivity index (χ1n) is 6.08. The van der Waals surface area contributed by atoms with Crippen molar-refractivity contribution in [2.75, 3.05) is 0 Å². The predicted molar refractivity (Wildman–Crippen MR) is 83.4 cm³/mol. The van der Waals surface area contributed by atoms with Gasteiger partial charge in [0.25, 0.3) is 0 Å². The minimum Gasteiger partial charge on any atom is -0.491 e. The first-order chi connectivity index (χ1) is 9.11. The van der Waals surface area contributed by atoms with Gasteiger partial charge in [-0.05, 0) is 48.0 Å². The number of halogens is 1. The van der Waals surface area contributed by atoms with E-state index >= 15 is 0 Å². The lowest BCUT2D eigenvalue weighted by atomic mass is 10.0. The first-order valence-corrected chi connectivity index (χ1v) is 7.69. The number of rotatable bonds is 5. The van der Waals surface area contributed by atoms with E-state index in [9.17, 15) is 0 Å². The molecule has 0 aliphatic carbocycles. The third-order valence-corrected chi connectivity index (χ3v) is 4.33. The van der Waals surface area contributed by atoms with Gasteiger partial charge in [-0.3, -0.25) is 5.84 Å². The Bertz CT molecular complexity index is 542. The molecule has 3 N–H and O–H groups in total. The molecule has 0 spiro atoms. The normalized spacial score (nSPS) is 12.7. The van der Waals surface area contributed by atoms with Gasteiger partial charge >= 0.3 is 0 Å². The van der Waals surface area contributed by atoms with Crippen molar-refractivity contribution < 1.29 is 4.74 Å². The Hall–Kier alpha value is -0.880. The molecule has 2 rings (SSSR count). The van der Waals surface area contributed by atoms with E-state index < -0.39 is 0 Å². The summed E-state index contributed by atoms with van der Waals surface area (Å²) in [7, 11) is 0. The molecule has 5 heteroatoms. The zero-order valence-electron chi connectivity index (χ0n) is 10.9. The number of ether oxygens (including phenoxy) is 1. The molecule has 3 nitrogen and oxygen atoms in total. The molecule has 0 aliphatic heterocycles. The lowest BCUT2D eigenvalue weighted by Crippen LogP contribution is -2.28. The number of nitrogens with two attached hydrogens (primary N) is 1. The SMILES string of the molecule is CC(C)Oc1ccccc1C(NN)c1ccc(Br)s1. The molecule has 0 bridgehead atoms. The van der Waals surface area contributed by atoms with Crippen molar-refractivity contribution in [3.8, 4) is 5.75 Å². The van der Waals surface area contributed by atoms with E-state index in [0.717, 1.165) is 20.0 Å². The van der Waals surface area contributed by atoms with Crippen LogP contribution in [0.2, 0.25) is 0 Å². The molecule has 0 saturated heterocycles. The van der Waals surface area contributed by atoms with E-state index in [0.29, 0.717) is 0 Å². The molecule has 19 heavy (non-hydrogen) atoms. The number of benzene rings is 1. The monoisotopic (exact) mass is 340 g/mol. The topological polar surface area (TPSA) is 47.3 Å². The van der Waals surface area contributed by atoms with Gasteiger partial charge < -0.3 is 4.74 Å². The van der Waals surface area contributed by atoms with Crippen molar-refractivity contribution in [2.24, 2.45) is 5.84 Å². The van der Waals surface area contributed by atoms with Crippen molar-refractivity contribution in [3.05, 3.63) is 50.6 Å². The van der Waals surface area contributed by atoms with E-state index in [-0.39, 0.29) is 12.1 Å². The molecule has 1 atom stereocenters. The molecule has 0 aliphatic rings. The van der Waals surface area contributed by atoms with Crippen LogP contribution in [0.5, 0.6) is 5.75 Å². The van der Waals surface area contributed by atoms with Crippen LogP contribution >= 0.6 is 27.3 Å². The summed E-state index contributed by atoms with van der Waals surface area (Å²) in [6.07, 6.45) is 0.134. The molecule has 0 saturated carbocycles. The summed E-state index contributed by atoms with van der Waals surface area (Å²) in [6, 6.07) is 12.0. The Balaban J connectivity index is 2.38. The molecular formula is C14H17BrN2OS. The highest BCUT2D eigenvalue weighted by molar-refractivity contribution is 9.11. The first kappa shape index (κ1) is 14.5. The number of hydrogen-bond donors (Lipinski definition) is 2. The van der Waals surface area contributed by atoms with Crippen molar-refractivity contribution in [2.45, 2.75) is 26.0 Å². The van der Waals surface area contributed by atoms with Gasteiger partial charge in [-0.1, -0.05) is 18.2 Å². The third-order valence-electron chi connectivity index (χ3n) is 2.64. The summed E-state index contributed by atoms with van der Waals surface area (Å²) >= 11 is 5.14. The average molecular weight is 341 g/mol. The van der Waals surface area contributed by atoms with Crippen LogP contribution < -0.4 is 16.0 Å². The van der Waals surface area contributed by atoms with Crippen LogP contribution in [0.1, 0.15) is 30.3 Å². The molecule has 1 unspecified atom stereocenters. The van der Waals surface area contributed by atoms with E-state index in [1.165, 1.54) is 0 Å². The smallest absolute Gasteiger partial charge is 0.124 e. The Kier molecular flexibility index (Phi) is 4.99. The zero-order chi connectivity index (χ0) is 13.8. The molecule has 0 fully saturated rings. The van der Waals surface area contributed by atoms with Crippen LogP contribution in [-0.4, -0.2) is 6.10 Å². The Labute approximate surface area is 125 Å². The quantitative estimate of drug-likeness (QED) is 0.641. The molecule has 102 valence electrons. The van der Waals surface area contributed by atoms with E-state index in [1.54, 1.807) is 11.3 Å². The summed E-state index contributed by atoms with van der Waals surface area (Å²) in [6.45, 7) is 4.03. The van der Waals surface area contributed by atoms with Gasteiger partial charge in [-0.15, -0.1) is 11.3 Å². The summed E-state index contributed by atoms with van der Waals surface area (Å²) < 4.78 is 6.94. The molecule has 1 aromatic heterocycles. The fraction of sp³-hybridized carbons (Fsp3) is 0.286. The average Bonchev–Trinajstić information content (AvgIpc) is 2.78. The second-order valence-electron chi connectivity index (χ2n) is 4.45. The van der Waals surface area contributed by atoms with E-state index in [2.05, 4.69) is 27.4 Å². The van der Waals surface area contributed by atoms with Gasteiger partial charge in [-0.2, -0.15) is 0 Å². The van der Waals surface area contributed by atoms with Gasteiger partial charge in [0.05, 0.1) is 15.9 Å². The molecule has 0 radical (unpaired) electrons. The van der Waals surface area contributed by atoms with Crippen LogP contribution in [0.3, 0.4) is 0 Å². The maximum absolute atomic E-state index is 5.85. The van der Waals surface area contributed by atoms with Crippen LogP contribution in [0.25, 0.3) is 0 Å². The zero-order valence-corrected chi connectivity index (χ0v) is 13.3. The molecule has 1 aromatic carbocycles. The Morgan fingerprint density at radius 1 is 1.21 bits per heavy atom. The minimum atomic E-state index is -0.0637. The van der Waals surface area contributed by atoms with Crippen LogP contribution in [-0.2, 0) is 0 Å². The lowest BCUT2D eigenvalue weighted by molar-refractivity contribution is 0.238. The minimum absolute atomic E-state index is 0.0637. The lowest BCUT2D eigenvalue weighted by Gasteiger charge is -2.20. The summed E-state index contributed by atoms with van der Waals surface area (Å²) in [4.78, 5) is 1.15. The van der Waals surface area contributed by atoms with Gasteiger partial charge in [0.15, 0.2) is 0 Å². The fourth-order valence-corrected chi connectivity index (χ4v) is 3.39. The van der Waals surface area contributed by atoms with Gasteiger partial charge in [0.2, 0.25) is 0 Å². The molecule has 2 aromatic rings. The summed E-state index contributed by atoms with van der Waals surface area (Å²) in [5, 5.41) is 0. The second-order valence-corrected chi connectivity index (χ2v) is 6.94.